The molecule has 0 saturated carbocycles. The maximum absolute atomic E-state index is 12.0. The molecule has 0 radical (unpaired) electrons. The van der Waals surface area contributed by atoms with E-state index in [1.807, 2.05) is 0 Å². The van der Waals surface area contributed by atoms with Crippen molar-refractivity contribution in [1.82, 2.24) is 9.62 Å². The highest BCUT2D eigenvalue weighted by molar-refractivity contribution is 7.89. The van der Waals surface area contributed by atoms with Crippen molar-refractivity contribution in [1.29, 1.82) is 0 Å². The van der Waals surface area contributed by atoms with Gasteiger partial charge in [-0.15, -0.1) is 0 Å². The van der Waals surface area contributed by atoms with Crippen LogP contribution in [-0.2, 0) is 19.6 Å². The van der Waals surface area contributed by atoms with Gasteiger partial charge in [0.05, 0.1) is 18.9 Å². The van der Waals surface area contributed by atoms with E-state index in [1.165, 1.54) is 11.4 Å². The predicted octanol–water partition coefficient (Wildman–Crippen LogP) is -1.89. The summed E-state index contributed by atoms with van der Waals surface area (Å²) in [5.74, 6) is -0.773. The summed E-state index contributed by atoms with van der Waals surface area (Å²) in [6, 6.07) is -0.190. The van der Waals surface area contributed by atoms with Crippen LogP contribution in [0.25, 0.3) is 0 Å². The van der Waals surface area contributed by atoms with E-state index in [2.05, 4.69) is 5.32 Å². The summed E-state index contributed by atoms with van der Waals surface area (Å²) in [6.07, 6.45) is 0.694. The molecule has 1 fully saturated rings. The zero-order valence-electron chi connectivity index (χ0n) is 9.89. The van der Waals surface area contributed by atoms with E-state index in [9.17, 15) is 13.2 Å². The molecule has 17 heavy (non-hydrogen) atoms. The van der Waals surface area contributed by atoms with Crippen LogP contribution < -0.4 is 11.1 Å². The maximum Gasteiger partial charge on any atom is 0.232 e. The lowest BCUT2D eigenvalue weighted by molar-refractivity contribution is -0.118. The van der Waals surface area contributed by atoms with Gasteiger partial charge in [0.2, 0.25) is 15.9 Å². The standard InChI is InChI=1S/C9H19N3O4S/c1-16-4-5-17(14,15)12(7-9(10)13)8-2-3-11-6-8/h8,11H,2-7H2,1H3,(H2,10,13). The fourth-order valence-electron chi connectivity index (χ4n) is 1.80. The van der Waals surface area contributed by atoms with E-state index in [0.29, 0.717) is 13.0 Å². The molecule has 0 aromatic rings. The van der Waals surface area contributed by atoms with Crippen molar-refractivity contribution in [2.24, 2.45) is 5.73 Å². The van der Waals surface area contributed by atoms with Crippen LogP contribution in [0.2, 0.25) is 0 Å². The van der Waals surface area contributed by atoms with Crippen LogP contribution in [0.4, 0.5) is 0 Å². The van der Waals surface area contributed by atoms with Crippen molar-refractivity contribution in [3.05, 3.63) is 0 Å². The first-order valence-electron chi connectivity index (χ1n) is 5.45. The van der Waals surface area contributed by atoms with Crippen LogP contribution in [0.5, 0.6) is 0 Å². The highest BCUT2D eigenvalue weighted by atomic mass is 32.2. The quantitative estimate of drug-likeness (QED) is 0.560. The smallest absolute Gasteiger partial charge is 0.232 e. The number of primary amides is 1. The van der Waals surface area contributed by atoms with E-state index in [1.54, 1.807) is 0 Å². The number of nitrogens with two attached hydrogens (primary N) is 1. The summed E-state index contributed by atoms with van der Waals surface area (Å²) < 4.78 is 30.0. The molecular weight excluding hydrogens is 246 g/mol. The Morgan fingerprint density at radius 3 is 2.76 bits per heavy atom. The SMILES string of the molecule is COCCS(=O)(=O)N(CC(N)=O)C1CCNC1. The van der Waals surface area contributed by atoms with Gasteiger partial charge in [0, 0.05) is 19.7 Å². The third kappa shape index (κ3) is 4.23. The molecule has 1 atom stereocenters. The lowest BCUT2D eigenvalue weighted by Crippen LogP contribution is -2.47. The van der Waals surface area contributed by atoms with Crippen molar-refractivity contribution < 1.29 is 17.9 Å². The molecule has 3 N–H and O–H groups in total. The number of nitrogens with zero attached hydrogens (tertiary/aromatic N) is 1. The van der Waals surface area contributed by atoms with Gasteiger partial charge >= 0.3 is 0 Å². The molecule has 1 aliphatic heterocycles. The molecule has 0 spiro atoms. The van der Waals surface area contributed by atoms with E-state index in [0.717, 1.165) is 6.54 Å². The number of nitrogens with one attached hydrogen (secondary N) is 1. The summed E-state index contributed by atoms with van der Waals surface area (Å²) in [5.41, 5.74) is 5.09. The first-order valence-corrected chi connectivity index (χ1v) is 7.06. The molecule has 1 heterocycles. The van der Waals surface area contributed by atoms with Crippen LogP contribution in [0.15, 0.2) is 0 Å². The average molecular weight is 265 g/mol. The molecule has 1 aliphatic rings. The molecule has 0 aromatic carbocycles. The number of carbonyl (C=O) groups excluding carboxylic acids is 1. The first kappa shape index (κ1) is 14.4. The number of methoxy groups -OCH3 is 1. The highest BCUT2D eigenvalue weighted by Gasteiger charge is 2.32. The van der Waals surface area contributed by atoms with Gasteiger partial charge in [-0.2, -0.15) is 4.31 Å². The van der Waals surface area contributed by atoms with Crippen LogP contribution in [0.1, 0.15) is 6.42 Å². The Labute approximate surface area is 101 Å². The van der Waals surface area contributed by atoms with Gasteiger partial charge in [-0.05, 0) is 13.0 Å². The second-order valence-corrected chi connectivity index (χ2v) is 6.01. The largest absolute Gasteiger partial charge is 0.384 e. The van der Waals surface area contributed by atoms with E-state index < -0.39 is 15.9 Å². The molecule has 1 amide bonds. The Morgan fingerprint density at radius 1 is 1.59 bits per heavy atom. The summed E-state index contributed by atoms with van der Waals surface area (Å²) in [4.78, 5) is 11.0. The van der Waals surface area contributed by atoms with Gasteiger partial charge in [-0.1, -0.05) is 0 Å². The Bertz CT molecular complexity index is 351. The minimum Gasteiger partial charge on any atom is -0.384 e. The molecule has 0 aromatic heterocycles. The molecular formula is C9H19N3O4S. The Hall–Kier alpha value is -0.700. The molecule has 1 unspecified atom stereocenters. The fraction of sp³-hybridized carbons (Fsp3) is 0.889. The van der Waals surface area contributed by atoms with Crippen molar-refractivity contribution >= 4 is 15.9 Å². The van der Waals surface area contributed by atoms with Gasteiger partial charge in [-0.25, -0.2) is 8.42 Å². The summed E-state index contributed by atoms with van der Waals surface area (Å²) in [7, 11) is -2.06. The number of sulfonamides is 1. The molecule has 1 rings (SSSR count). The molecule has 0 aliphatic carbocycles. The first-order chi connectivity index (χ1) is 7.97. The average Bonchev–Trinajstić information content (AvgIpc) is 2.76. The van der Waals surface area contributed by atoms with Gasteiger partial charge < -0.3 is 15.8 Å². The second kappa shape index (κ2) is 6.29. The van der Waals surface area contributed by atoms with Crippen molar-refractivity contribution in [3.8, 4) is 0 Å². The van der Waals surface area contributed by atoms with Gasteiger partial charge in [-0.3, -0.25) is 4.79 Å². The van der Waals surface area contributed by atoms with Crippen LogP contribution in [0, 0.1) is 0 Å². The number of carbonyl (C=O) groups is 1. The van der Waals surface area contributed by atoms with Crippen molar-refractivity contribution in [2.75, 3.05) is 39.1 Å². The van der Waals surface area contributed by atoms with Crippen LogP contribution in [-0.4, -0.2) is 63.8 Å². The van der Waals surface area contributed by atoms with Gasteiger partial charge in [0.1, 0.15) is 0 Å². The Balaban J connectivity index is 2.76. The Kier molecular flexibility index (Phi) is 5.31. The van der Waals surface area contributed by atoms with E-state index in [4.69, 9.17) is 10.5 Å². The second-order valence-electron chi connectivity index (χ2n) is 3.97. The number of hydrogen-bond acceptors (Lipinski definition) is 5. The molecule has 7 nitrogen and oxygen atoms in total. The van der Waals surface area contributed by atoms with E-state index >= 15 is 0 Å². The summed E-state index contributed by atoms with van der Waals surface area (Å²) >= 11 is 0. The number of amides is 1. The summed E-state index contributed by atoms with van der Waals surface area (Å²) in [6.45, 7) is 1.15. The van der Waals surface area contributed by atoms with E-state index in [-0.39, 0.29) is 24.9 Å². The number of rotatable bonds is 7. The monoisotopic (exact) mass is 265 g/mol. The molecule has 1 saturated heterocycles. The van der Waals surface area contributed by atoms with Crippen molar-refractivity contribution in [3.63, 3.8) is 0 Å². The predicted molar refractivity (Wildman–Crippen MR) is 62.8 cm³/mol. The van der Waals surface area contributed by atoms with Gasteiger partial charge in [0.15, 0.2) is 0 Å². The minimum atomic E-state index is -3.50. The highest BCUT2D eigenvalue weighted by Crippen LogP contribution is 2.13. The molecule has 0 bridgehead atoms. The molecule has 8 heteroatoms. The normalized spacial score (nSPS) is 20.9. The Morgan fingerprint density at radius 2 is 2.29 bits per heavy atom. The molecule has 100 valence electrons. The zero-order valence-corrected chi connectivity index (χ0v) is 10.7. The fourth-order valence-corrected chi connectivity index (χ4v) is 3.37. The maximum atomic E-state index is 12.0. The van der Waals surface area contributed by atoms with Gasteiger partial charge in [0.25, 0.3) is 0 Å². The topological polar surface area (TPSA) is 102 Å². The number of hydrogen-bond donors (Lipinski definition) is 2. The van der Waals surface area contributed by atoms with Crippen LogP contribution in [0.3, 0.4) is 0 Å². The summed E-state index contributed by atoms with van der Waals surface area (Å²) in [5, 5.41) is 3.06. The lowest BCUT2D eigenvalue weighted by atomic mass is 10.2. The minimum absolute atomic E-state index is 0.109. The zero-order chi connectivity index (χ0) is 12.9. The van der Waals surface area contributed by atoms with Crippen LogP contribution >= 0.6 is 0 Å². The third-order valence-electron chi connectivity index (χ3n) is 2.66. The third-order valence-corrected chi connectivity index (χ3v) is 4.48. The lowest BCUT2D eigenvalue weighted by Gasteiger charge is -2.26. The van der Waals surface area contributed by atoms with Crippen molar-refractivity contribution in [2.45, 2.75) is 12.5 Å². The number of ether oxygens (including phenoxy) is 1.